The number of quaternary nitrogens is 1. The van der Waals surface area contributed by atoms with Crippen molar-refractivity contribution < 1.29 is 24.1 Å². The van der Waals surface area contributed by atoms with E-state index in [4.69, 9.17) is 21.1 Å². The molecule has 3 N–H and O–H groups in total. The molecule has 11 heteroatoms. The first kappa shape index (κ1) is 29.3. The average molecular weight is 574 g/mol. The molecule has 210 valence electrons. The normalized spacial score (nSPS) is 11.3. The van der Waals surface area contributed by atoms with Gasteiger partial charge in [0.25, 0.3) is 0 Å². The van der Waals surface area contributed by atoms with Crippen LogP contribution in [0, 0.1) is 11.3 Å². The first-order valence-electron chi connectivity index (χ1n) is 12.8. The smallest absolute Gasteiger partial charge is 0.248 e. The molecule has 0 aliphatic rings. The van der Waals surface area contributed by atoms with Crippen LogP contribution in [0.1, 0.15) is 18.2 Å². The highest BCUT2D eigenvalue weighted by Crippen LogP contribution is 2.37. The van der Waals surface area contributed by atoms with Crippen molar-refractivity contribution in [2.45, 2.75) is 13.5 Å². The molecule has 0 aliphatic carbocycles. The Morgan fingerprint density at radius 1 is 1.15 bits per heavy atom. The Morgan fingerprint density at radius 3 is 2.66 bits per heavy atom. The molecule has 2 aromatic heterocycles. The summed E-state index contributed by atoms with van der Waals surface area (Å²) in [4.78, 5) is 21.3. The number of ether oxygens (including phenoxy) is 2. The first-order valence-corrected chi connectivity index (χ1v) is 13.2. The number of likely N-dealkylation sites (N-methyl/N-ethyl adjacent to an activating group) is 1. The molecule has 0 unspecified atom stereocenters. The Bertz CT molecular complexity index is 1610. The van der Waals surface area contributed by atoms with Crippen LogP contribution < -0.4 is 20.1 Å². The van der Waals surface area contributed by atoms with Gasteiger partial charge >= 0.3 is 0 Å². The molecule has 0 bridgehead atoms. The summed E-state index contributed by atoms with van der Waals surface area (Å²) >= 11 is 6.51. The molecular formula is C30H30ClN6O4+. The summed E-state index contributed by atoms with van der Waals surface area (Å²) in [7, 11) is 3.20. The summed E-state index contributed by atoms with van der Waals surface area (Å²) < 4.78 is 11.3. The van der Waals surface area contributed by atoms with Crippen LogP contribution in [0.4, 0.5) is 17.1 Å². The zero-order valence-electron chi connectivity index (χ0n) is 22.9. The van der Waals surface area contributed by atoms with Crippen molar-refractivity contribution in [3.8, 4) is 17.6 Å². The molecule has 0 radical (unpaired) electrons. The van der Waals surface area contributed by atoms with Crippen molar-refractivity contribution in [1.82, 2.24) is 9.97 Å². The third kappa shape index (κ3) is 7.93. The standard InChI is InChI=1S/C30H29ClN6O4/c1-4-40-28-16-25-23(15-26(28)36-29(38)9-7-13-37(2,3)39)30(20(17-32)18-34-25)35-21-10-11-27(24(31)14-21)41-19-22-8-5-6-12-33-22/h5-12,14-16,18,39H,4,13,19H2,1-3H3,(H-,34,35,36,38)/p+1. The van der Waals surface area contributed by atoms with Crippen LogP contribution in [-0.4, -0.2) is 53.0 Å². The highest BCUT2D eigenvalue weighted by Gasteiger charge is 2.16. The molecule has 0 saturated carbocycles. The number of rotatable bonds is 11. The largest absolute Gasteiger partial charge is 0.492 e. The van der Waals surface area contributed by atoms with Gasteiger partial charge in [-0.1, -0.05) is 17.7 Å². The maximum absolute atomic E-state index is 12.6. The number of carbonyl (C=O) groups excluding carboxylic acids is 1. The number of fused-ring (bicyclic) bond motifs is 1. The third-order valence-electron chi connectivity index (χ3n) is 5.77. The molecule has 2 heterocycles. The number of benzene rings is 2. The SMILES string of the molecule is CCOc1cc2ncc(C#N)c(Nc3ccc(OCc4ccccn4)c(Cl)c3)c2cc1NC(=O)C=CC[N+](C)(C)O. The van der Waals surface area contributed by atoms with Gasteiger partial charge in [0.15, 0.2) is 0 Å². The Hall–Kier alpha value is -4.69. The number of halogens is 1. The molecule has 0 saturated heterocycles. The molecule has 1 amide bonds. The number of aromatic nitrogens is 2. The molecule has 4 rings (SSSR count). The number of anilines is 3. The van der Waals surface area contributed by atoms with Gasteiger partial charge in [-0.05, 0) is 49.4 Å². The summed E-state index contributed by atoms with van der Waals surface area (Å²) in [6, 6.07) is 16.4. The van der Waals surface area contributed by atoms with E-state index >= 15 is 0 Å². The molecule has 41 heavy (non-hydrogen) atoms. The van der Waals surface area contributed by atoms with Crippen LogP contribution in [0.25, 0.3) is 10.9 Å². The molecular weight excluding hydrogens is 544 g/mol. The minimum Gasteiger partial charge on any atom is -0.492 e. The first-order chi connectivity index (χ1) is 19.7. The molecule has 0 aliphatic heterocycles. The van der Waals surface area contributed by atoms with Gasteiger partial charge in [-0.2, -0.15) is 9.91 Å². The molecule has 10 nitrogen and oxygen atoms in total. The topological polar surface area (TPSA) is 129 Å². The summed E-state index contributed by atoms with van der Waals surface area (Å²) in [5.41, 5.74) is 3.15. The Balaban J connectivity index is 1.64. The quantitative estimate of drug-likeness (QED) is 0.116. The van der Waals surface area contributed by atoms with Crippen molar-refractivity contribution >= 4 is 45.5 Å². The zero-order valence-corrected chi connectivity index (χ0v) is 23.6. The molecule has 2 aromatic carbocycles. The number of hydroxylamine groups is 3. The highest BCUT2D eigenvalue weighted by molar-refractivity contribution is 6.32. The number of nitrogens with zero attached hydrogens (tertiary/aromatic N) is 4. The number of carbonyl (C=O) groups is 1. The predicted octanol–water partition coefficient (Wildman–Crippen LogP) is 5.84. The molecule has 0 fully saturated rings. The third-order valence-corrected chi connectivity index (χ3v) is 6.07. The van der Waals surface area contributed by atoms with Crippen molar-refractivity contribution in [2.75, 3.05) is 37.9 Å². The fraction of sp³-hybridized carbons (Fsp3) is 0.200. The van der Waals surface area contributed by atoms with Gasteiger partial charge in [0, 0.05) is 35.6 Å². The molecule has 0 atom stereocenters. The number of amides is 1. The monoisotopic (exact) mass is 573 g/mol. The van der Waals surface area contributed by atoms with Gasteiger partial charge in [0.1, 0.15) is 30.7 Å². The second kappa shape index (κ2) is 13.1. The lowest BCUT2D eigenvalue weighted by molar-refractivity contribution is -1.07. The van der Waals surface area contributed by atoms with E-state index in [1.54, 1.807) is 56.7 Å². The Morgan fingerprint density at radius 2 is 1.98 bits per heavy atom. The van der Waals surface area contributed by atoms with Crippen LogP contribution in [0.5, 0.6) is 11.5 Å². The van der Waals surface area contributed by atoms with Gasteiger partial charge in [-0.15, -0.1) is 0 Å². The summed E-state index contributed by atoms with van der Waals surface area (Å²) in [5, 5.41) is 26.8. The predicted molar refractivity (Wildman–Crippen MR) is 157 cm³/mol. The Labute approximate surface area is 243 Å². The number of nitriles is 1. The maximum Gasteiger partial charge on any atom is 0.248 e. The lowest BCUT2D eigenvalue weighted by Crippen LogP contribution is -2.35. The van der Waals surface area contributed by atoms with Gasteiger partial charge in [-0.3, -0.25) is 14.8 Å². The lowest BCUT2D eigenvalue weighted by atomic mass is 10.1. The van der Waals surface area contributed by atoms with Crippen molar-refractivity contribution in [2.24, 2.45) is 0 Å². The average Bonchev–Trinajstić information content (AvgIpc) is 2.93. The lowest BCUT2D eigenvalue weighted by Gasteiger charge is -2.17. The van der Waals surface area contributed by atoms with Crippen LogP contribution in [0.15, 0.2) is 73.1 Å². The van der Waals surface area contributed by atoms with E-state index in [-0.39, 0.29) is 17.8 Å². The highest BCUT2D eigenvalue weighted by atomic mass is 35.5. The fourth-order valence-corrected chi connectivity index (χ4v) is 4.11. The van der Waals surface area contributed by atoms with Crippen LogP contribution in [-0.2, 0) is 11.4 Å². The summed E-state index contributed by atoms with van der Waals surface area (Å²) in [6.45, 7) is 2.73. The minimum atomic E-state index is -0.397. The van der Waals surface area contributed by atoms with Crippen molar-refractivity contribution in [1.29, 1.82) is 5.26 Å². The number of hydrogen-bond donors (Lipinski definition) is 3. The second-order valence-electron chi connectivity index (χ2n) is 9.53. The van der Waals surface area contributed by atoms with Gasteiger partial charge in [0.2, 0.25) is 5.91 Å². The van der Waals surface area contributed by atoms with E-state index in [9.17, 15) is 15.3 Å². The molecule has 4 aromatic rings. The van der Waals surface area contributed by atoms with Gasteiger partial charge in [0.05, 0.1) is 53.9 Å². The minimum absolute atomic E-state index is 0.252. The maximum atomic E-state index is 12.6. The van der Waals surface area contributed by atoms with E-state index in [0.29, 0.717) is 56.7 Å². The van der Waals surface area contributed by atoms with Gasteiger partial charge in [-0.25, -0.2) is 5.21 Å². The summed E-state index contributed by atoms with van der Waals surface area (Å²) in [5.74, 6) is 0.525. The van der Waals surface area contributed by atoms with Crippen molar-refractivity contribution in [3.05, 3.63) is 89.4 Å². The number of hydrogen-bond acceptors (Lipinski definition) is 8. The van der Waals surface area contributed by atoms with E-state index in [0.717, 1.165) is 5.69 Å². The van der Waals surface area contributed by atoms with Crippen LogP contribution in [0.2, 0.25) is 5.02 Å². The van der Waals surface area contributed by atoms with Crippen molar-refractivity contribution in [3.63, 3.8) is 0 Å². The van der Waals surface area contributed by atoms with E-state index in [1.807, 2.05) is 25.1 Å². The Kier molecular flexibility index (Phi) is 9.37. The van der Waals surface area contributed by atoms with Gasteiger partial charge < -0.3 is 20.1 Å². The van der Waals surface area contributed by atoms with E-state index in [1.165, 1.54) is 12.3 Å². The van der Waals surface area contributed by atoms with Crippen LogP contribution in [0.3, 0.4) is 0 Å². The second-order valence-corrected chi connectivity index (χ2v) is 9.94. The summed E-state index contributed by atoms with van der Waals surface area (Å²) in [6.07, 6.45) is 6.09. The molecule has 0 spiro atoms. The zero-order chi connectivity index (χ0) is 29.4. The van der Waals surface area contributed by atoms with E-state index in [2.05, 4.69) is 26.7 Å². The number of pyridine rings is 2. The number of nitrogens with one attached hydrogen (secondary N) is 2. The fourth-order valence-electron chi connectivity index (χ4n) is 3.88. The van der Waals surface area contributed by atoms with E-state index < -0.39 is 5.91 Å². The van der Waals surface area contributed by atoms with Crippen LogP contribution >= 0.6 is 11.6 Å².